The fraction of sp³-hybridized carbons (Fsp3) is 0.125. The van der Waals surface area contributed by atoms with Gasteiger partial charge in [-0.25, -0.2) is 5.43 Å². The molecule has 0 unspecified atom stereocenters. The van der Waals surface area contributed by atoms with Gasteiger partial charge in [-0.2, -0.15) is 18.3 Å². The zero-order valence-corrected chi connectivity index (χ0v) is 17.1. The van der Waals surface area contributed by atoms with E-state index in [2.05, 4.69) is 10.5 Å². The van der Waals surface area contributed by atoms with Crippen LogP contribution in [-0.4, -0.2) is 23.7 Å². The summed E-state index contributed by atoms with van der Waals surface area (Å²) in [6, 6.07) is 24.2. The maximum atomic E-state index is 13.0. The predicted molar refractivity (Wildman–Crippen MR) is 116 cm³/mol. The molecule has 164 valence electrons. The van der Waals surface area contributed by atoms with Gasteiger partial charge in [0.2, 0.25) is 0 Å². The summed E-state index contributed by atoms with van der Waals surface area (Å²) in [5.74, 6) is -3.01. The largest absolute Gasteiger partial charge is 0.471 e. The van der Waals surface area contributed by atoms with E-state index in [-0.39, 0.29) is 11.6 Å². The van der Waals surface area contributed by atoms with E-state index in [0.29, 0.717) is 11.3 Å². The fourth-order valence-corrected chi connectivity index (χ4v) is 3.08. The van der Waals surface area contributed by atoms with Crippen LogP contribution < -0.4 is 10.7 Å². The minimum absolute atomic E-state index is 0.0304. The van der Waals surface area contributed by atoms with Gasteiger partial charge in [-0.3, -0.25) is 9.59 Å². The first kappa shape index (κ1) is 22.7. The van der Waals surface area contributed by atoms with Gasteiger partial charge in [0, 0.05) is 5.69 Å². The zero-order valence-electron chi connectivity index (χ0n) is 17.1. The van der Waals surface area contributed by atoms with E-state index in [1.807, 2.05) is 60.7 Å². The lowest BCUT2D eigenvalue weighted by molar-refractivity contribution is -0.167. The average molecular weight is 439 g/mol. The Kier molecular flexibility index (Phi) is 7.04. The van der Waals surface area contributed by atoms with Gasteiger partial charge in [0.15, 0.2) is 0 Å². The molecular formula is C24H20F3N3O2. The van der Waals surface area contributed by atoms with Crippen LogP contribution in [0.1, 0.15) is 29.5 Å². The second-order valence-electron chi connectivity index (χ2n) is 6.96. The highest BCUT2D eigenvalue weighted by Crippen LogP contribution is 2.25. The molecule has 3 rings (SSSR count). The Labute approximate surface area is 183 Å². The Hall–Kier alpha value is -3.94. The molecule has 0 radical (unpaired) electrons. The normalized spacial score (nSPS) is 11.8. The van der Waals surface area contributed by atoms with Crippen LogP contribution in [0.4, 0.5) is 18.9 Å². The third kappa shape index (κ3) is 5.81. The lowest BCUT2D eigenvalue weighted by Crippen LogP contribution is -2.30. The lowest BCUT2D eigenvalue weighted by atomic mass is 9.91. The third-order valence-corrected chi connectivity index (χ3v) is 4.66. The quantitative estimate of drug-likeness (QED) is 0.425. The number of benzene rings is 3. The number of halogens is 3. The highest BCUT2D eigenvalue weighted by atomic mass is 19.4. The van der Waals surface area contributed by atoms with Crippen LogP contribution in [0.25, 0.3) is 0 Å². The Balaban J connectivity index is 1.79. The molecule has 0 aliphatic rings. The number of hydrazone groups is 1. The van der Waals surface area contributed by atoms with Crippen LogP contribution in [0.5, 0.6) is 0 Å². The summed E-state index contributed by atoms with van der Waals surface area (Å²) in [6.07, 6.45) is -4.99. The van der Waals surface area contributed by atoms with E-state index in [0.717, 1.165) is 11.1 Å². The molecule has 2 N–H and O–H groups in total. The van der Waals surface area contributed by atoms with Crippen LogP contribution in [-0.2, 0) is 9.59 Å². The Bertz CT molecular complexity index is 1070. The van der Waals surface area contributed by atoms with E-state index in [9.17, 15) is 22.8 Å². The van der Waals surface area contributed by atoms with Gasteiger partial charge in [-0.1, -0.05) is 72.8 Å². The van der Waals surface area contributed by atoms with Crippen molar-refractivity contribution >= 4 is 23.2 Å². The highest BCUT2D eigenvalue weighted by Gasteiger charge is 2.38. The SMILES string of the molecule is C/C(=N\NC(=O)C(c1ccccc1)c1ccccc1)c1cccc(NC(=O)C(F)(F)F)c1. The number of rotatable bonds is 6. The molecule has 0 fully saturated rings. The smallest absolute Gasteiger partial charge is 0.318 e. The molecule has 32 heavy (non-hydrogen) atoms. The summed E-state index contributed by atoms with van der Waals surface area (Å²) in [4.78, 5) is 24.2. The Morgan fingerprint density at radius 3 is 1.94 bits per heavy atom. The van der Waals surface area contributed by atoms with E-state index >= 15 is 0 Å². The molecule has 0 aromatic heterocycles. The van der Waals surface area contributed by atoms with Gasteiger partial charge >= 0.3 is 12.1 Å². The number of alkyl halides is 3. The molecule has 8 heteroatoms. The zero-order chi connectivity index (χ0) is 23.1. The molecule has 0 bridgehead atoms. The van der Waals surface area contributed by atoms with Crippen LogP contribution in [0, 0.1) is 0 Å². The molecule has 5 nitrogen and oxygen atoms in total. The van der Waals surface area contributed by atoms with Crippen molar-refractivity contribution in [2.45, 2.75) is 19.0 Å². The van der Waals surface area contributed by atoms with Gasteiger partial charge < -0.3 is 5.32 Å². The molecule has 0 heterocycles. The van der Waals surface area contributed by atoms with Gasteiger partial charge in [-0.05, 0) is 35.7 Å². The number of nitrogens with zero attached hydrogens (tertiary/aromatic N) is 1. The first-order valence-corrected chi connectivity index (χ1v) is 9.68. The molecule has 0 saturated heterocycles. The standard InChI is InChI=1S/C24H20F3N3O2/c1-16(19-13-8-14-20(15-19)28-23(32)24(25,26)27)29-30-22(31)21(17-9-4-2-5-10-17)18-11-6-3-7-12-18/h2-15,21H,1H3,(H,28,32)(H,30,31)/b29-16+. The van der Waals surface area contributed by atoms with E-state index in [1.165, 1.54) is 18.2 Å². The molecule has 0 aliphatic carbocycles. The topological polar surface area (TPSA) is 70.6 Å². The number of nitrogens with one attached hydrogen (secondary N) is 2. The monoisotopic (exact) mass is 439 g/mol. The van der Waals surface area contributed by atoms with Crippen LogP contribution in [0.15, 0.2) is 90.0 Å². The fourth-order valence-electron chi connectivity index (χ4n) is 3.08. The summed E-state index contributed by atoms with van der Waals surface area (Å²) in [5, 5.41) is 5.91. The van der Waals surface area contributed by atoms with Crippen molar-refractivity contribution in [2.24, 2.45) is 5.10 Å². The highest BCUT2D eigenvalue weighted by molar-refractivity contribution is 6.02. The third-order valence-electron chi connectivity index (χ3n) is 4.66. The van der Waals surface area contributed by atoms with Crippen LogP contribution >= 0.6 is 0 Å². The molecule has 3 aromatic rings. The Morgan fingerprint density at radius 2 is 1.41 bits per heavy atom. The number of amides is 2. The van der Waals surface area contributed by atoms with Gasteiger partial charge in [-0.15, -0.1) is 0 Å². The van der Waals surface area contributed by atoms with Crippen LogP contribution in [0.2, 0.25) is 0 Å². The van der Waals surface area contributed by atoms with Crippen molar-refractivity contribution < 1.29 is 22.8 Å². The van der Waals surface area contributed by atoms with Crippen LogP contribution in [0.3, 0.4) is 0 Å². The second kappa shape index (κ2) is 9.91. The second-order valence-corrected chi connectivity index (χ2v) is 6.96. The number of hydrogen-bond acceptors (Lipinski definition) is 3. The van der Waals surface area contributed by atoms with Gasteiger partial charge in [0.25, 0.3) is 5.91 Å². The van der Waals surface area contributed by atoms with E-state index in [4.69, 9.17) is 0 Å². The summed E-state index contributed by atoms with van der Waals surface area (Å²) in [6.45, 7) is 1.60. The lowest BCUT2D eigenvalue weighted by Gasteiger charge is -2.16. The predicted octanol–water partition coefficient (Wildman–Crippen LogP) is 4.86. The maximum Gasteiger partial charge on any atom is 0.471 e. The van der Waals surface area contributed by atoms with Crippen molar-refractivity contribution in [2.75, 3.05) is 5.32 Å². The number of carbonyl (C=O) groups excluding carboxylic acids is 2. The number of anilines is 1. The molecular weight excluding hydrogens is 419 g/mol. The molecule has 0 atom stereocenters. The average Bonchev–Trinajstić information content (AvgIpc) is 2.78. The molecule has 0 spiro atoms. The summed E-state index contributed by atoms with van der Waals surface area (Å²) in [5.41, 5.74) is 4.91. The van der Waals surface area contributed by atoms with Gasteiger partial charge in [0.05, 0.1) is 11.6 Å². The molecule has 2 amide bonds. The minimum Gasteiger partial charge on any atom is -0.318 e. The summed E-state index contributed by atoms with van der Waals surface area (Å²) >= 11 is 0. The molecule has 0 aliphatic heterocycles. The first-order chi connectivity index (χ1) is 15.3. The van der Waals surface area contributed by atoms with Crippen molar-refractivity contribution in [1.82, 2.24) is 5.43 Å². The Morgan fingerprint density at radius 1 is 0.844 bits per heavy atom. The summed E-state index contributed by atoms with van der Waals surface area (Å²) in [7, 11) is 0. The van der Waals surface area contributed by atoms with Gasteiger partial charge in [0.1, 0.15) is 0 Å². The van der Waals surface area contributed by atoms with Crippen molar-refractivity contribution in [3.63, 3.8) is 0 Å². The number of carbonyl (C=O) groups is 2. The minimum atomic E-state index is -4.99. The van der Waals surface area contributed by atoms with E-state index < -0.39 is 18.0 Å². The van der Waals surface area contributed by atoms with Crippen molar-refractivity contribution in [3.8, 4) is 0 Å². The first-order valence-electron chi connectivity index (χ1n) is 9.68. The van der Waals surface area contributed by atoms with Crippen molar-refractivity contribution in [3.05, 3.63) is 102 Å². The van der Waals surface area contributed by atoms with E-state index in [1.54, 1.807) is 18.3 Å². The summed E-state index contributed by atoms with van der Waals surface area (Å²) < 4.78 is 37.4. The molecule has 3 aromatic carbocycles. The number of hydrogen-bond donors (Lipinski definition) is 2. The molecule has 0 saturated carbocycles. The maximum absolute atomic E-state index is 13.0. The van der Waals surface area contributed by atoms with Crippen molar-refractivity contribution in [1.29, 1.82) is 0 Å².